The third kappa shape index (κ3) is 3.00. The number of likely N-dealkylation sites (tertiary alicyclic amines) is 1. The van der Waals surface area contributed by atoms with Crippen molar-refractivity contribution in [3.63, 3.8) is 0 Å². The normalized spacial score (nSPS) is 19.5. The highest BCUT2D eigenvalue weighted by Crippen LogP contribution is 2.05. The predicted octanol–water partition coefficient (Wildman–Crippen LogP) is -0.473. The van der Waals surface area contributed by atoms with Crippen LogP contribution in [0.3, 0.4) is 0 Å². The number of nitrogens with zero attached hydrogens (tertiary/aromatic N) is 1. The smallest absolute Gasteiger partial charge is 0.218 e. The Hall–Kier alpha value is -0.900. The van der Waals surface area contributed by atoms with Crippen LogP contribution in [0.5, 0.6) is 0 Å². The molecule has 4 heteroatoms. The molecule has 2 N–H and O–H groups in total. The molecule has 0 aromatic rings. The highest BCUT2D eigenvalue weighted by Gasteiger charge is 2.15. The monoisotopic (exact) mass is 170 g/mol. The van der Waals surface area contributed by atoms with Gasteiger partial charge in [0.25, 0.3) is 0 Å². The van der Waals surface area contributed by atoms with Gasteiger partial charge >= 0.3 is 0 Å². The summed E-state index contributed by atoms with van der Waals surface area (Å²) in [6, 6.07) is 0. The van der Waals surface area contributed by atoms with Crippen LogP contribution in [0.4, 0.5) is 0 Å². The first-order valence-electron chi connectivity index (χ1n) is 4.21. The van der Waals surface area contributed by atoms with Gasteiger partial charge in [0.2, 0.25) is 5.91 Å². The van der Waals surface area contributed by atoms with E-state index in [0.29, 0.717) is 31.6 Å². The molecule has 1 aliphatic heterocycles. The lowest BCUT2D eigenvalue weighted by atomic mass is 10.1. The Morgan fingerprint density at radius 2 is 2.00 bits per heavy atom. The van der Waals surface area contributed by atoms with Crippen LogP contribution in [0.15, 0.2) is 0 Å². The second kappa shape index (κ2) is 4.21. The summed E-state index contributed by atoms with van der Waals surface area (Å²) in [7, 11) is 0. The molecule has 0 aromatic heterocycles. The number of piperidine rings is 1. The zero-order valence-corrected chi connectivity index (χ0v) is 7.08. The molecule has 0 atom stereocenters. The molecule has 68 valence electrons. The molecule has 0 saturated carbocycles. The van der Waals surface area contributed by atoms with E-state index < -0.39 is 0 Å². The third-order valence-electron chi connectivity index (χ3n) is 2.09. The molecule has 0 unspecified atom stereocenters. The summed E-state index contributed by atoms with van der Waals surface area (Å²) in [4.78, 5) is 23.4. The minimum Gasteiger partial charge on any atom is -0.370 e. The van der Waals surface area contributed by atoms with Crippen LogP contribution < -0.4 is 5.73 Å². The zero-order valence-electron chi connectivity index (χ0n) is 7.08. The molecule has 12 heavy (non-hydrogen) atoms. The van der Waals surface area contributed by atoms with Crippen LogP contribution in [-0.4, -0.2) is 36.2 Å². The summed E-state index contributed by atoms with van der Waals surface area (Å²) < 4.78 is 0. The van der Waals surface area contributed by atoms with Crippen molar-refractivity contribution in [3.8, 4) is 0 Å². The summed E-state index contributed by atoms with van der Waals surface area (Å²) in [5.41, 5.74) is 5.00. The van der Waals surface area contributed by atoms with Crippen molar-refractivity contribution in [3.05, 3.63) is 0 Å². The SMILES string of the molecule is NC(=O)CCN1CCC(=O)CC1. The molecule has 0 aromatic carbocycles. The van der Waals surface area contributed by atoms with Crippen LogP contribution >= 0.6 is 0 Å². The Morgan fingerprint density at radius 3 is 2.50 bits per heavy atom. The number of hydrogen-bond acceptors (Lipinski definition) is 3. The van der Waals surface area contributed by atoms with E-state index in [0.717, 1.165) is 13.1 Å². The van der Waals surface area contributed by atoms with Gasteiger partial charge < -0.3 is 10.6 Å². The molecule has 1 saturated heterocycles. The second-order valence-electron chi connectivity index (χ2n) is 3.10. The number of Topliss-reactive ketones (excluding diaryl/α,β-unsaturated/α-hetero) is 1. The molecule has 1 aliphatic rings. The second-order valence-corrected chi connectivity index (χ2v) is 3.10. The zero-order chi connectivity index (χ0) is 8.97. The Bertz CT molecular complexity index is 181. The van der Waals surface area contributed by atoms with Gasteiger partial charge in [0.1, 0.15) is 5.78 Å². The lowest BCUT2D eigenvalue weighted by Crippen LogP contribution is -2.35. The first-order valence-corrected chi connectivity index (χ1v) is 4.21. The molecule has 4 nitrogen and oxygen atoms in total. The van der Waals surface area contributed by atoms with Crippen LogP contribution in [0.25, 0.3) is 0 Å². The van der Waals surface area contributed by atoms with E-state index >= 15 is 0 Å². The van der Waals surface area contributed by atoms with Gasteiger partial charge in [-0.2, -0.15) is 0 Å². The van der Waals surface area contributed by atoms with Gasteiger partial charge in [-0.25, -0.2) is 0 Å². The van der Waals surface area contributed by atoms with Gasteiger partial charge in [0, 0.05) is 38.9 Å². The van der Waals surface area contributed by atoms with E-state index in [2.05, 4.69) is 4.90 Å². The largest absolute Gasteiger partial charge is 0.370 e. The maximum absolute atomic E-state index is 10.8. The third-order valence-corrected chi connectivity index (χ3v) is 2.09. The number of carbonyl (C=O) groups is 2. The first kappa shape index (κ1) is 9.19. The average molecular weight is 170 g/mol. The number of amides is 1. The van der Waals surface area contributed by atoms with Crippen LogP contribution in [0, 0.1) is 0 Å². The van der Waals surface area contributed by atoms with E-state index in [4.69, 9.17) is 5.73 Å². The number of ketones is 1. The van der Waals surface area contributed by atoms with E-state index in [1.165, 1.54) is 0 Å². The van der Waals surface area contributed by atoms with Crippen molar-refractivity contribution in [2.75, 3.05) is 19.6 Å². The molecular formula is C8H14N2O2. The van der Waals surface area contributed by atoms with E-state index in [9.17, 15) is 9.59 Å². The molecule has 1 rings (SSSR count). The average Bonchev–Trinajstić information content (AvgIpc) is 2.03. The molecule has 1 fully saturated rings. The minimum absolute atomic E-state index is 0.271. The standard InChI is InChI=1S/C8H14N2O2/c9-8(12)3-6-10-4-1-7(11)2-5-10/h1-6H2,(H2,9,12). The van der Waals surface area contributed by atoms with Crippen molar-refractivity contribution in [1.29, 1.82) is 0 Å². The van der Waals surface area contributed by atoms with Gasteiger partial charge in [-0.05, 0) is 0 Å². The number of nitrogens with two attached hydrogens (primary N) is 1. The number of rotatable bonds is 3. The number of hydrogen-bond donors (Lipinski definition) is 1. The van der Waals surface area contributed by atoms with Crippen LogP contribution in [0.2, 0.25) is 0 Å². The number of primary amides is 1. The molecule has 0 spiro atoms. The lowest BCUT2D eigenvalue weighted by Gasteiger charge is -2.24. The van der Waals surface area contributed by atoms with Crippen molar-refractivity contribution < 1.29 is 9.59 Å². The summed E-state index contributed by atoms with van der Waals surface area (Å²) >= 11 is 0. The number of carbonyl (C=O) groups excluding carboxylic acids is 2. The molecular weight excluding hydrogens is 156 g/mol. The fourth-order valence-electron chi connectivity index (χ4n) is 1.29. The quantitative estimate of drug-likeness (QED) is 0.622. The minimum atomic E-state index is -0.271. The Labute approximate surface area is 71.7 Å². The van der Waals surface area contributed by atoms with Crippen LogP contribution in [0.1, 0.15) is 19.3 Å². The fourth-order valence-corrected chi connectivity index (χ4v) is 1.29. The molecule has 0 aliphatic carbocycles. The molecule has 0 radical (unpaired) electrons. The fraction of sp³-hybridized carbons (Fsp3) is 0.750. The summed E-state index contributed by atoms with van der Waals surface area (Å²) in [5.74, 6) is 0.0530. The van der Waals surface area contributed by atoms with E-state index in [-0.39, 0.29) is 5.91 Å². The molecule has 1 amide bonds. The Balaban J connectivity index is 2.17. The highest BCUT2D eigenvalue weighted by molar-refractivity contribution is 5.79. The van der Waals surface area contributed by atoms with E-state index in [1.807, 2.05) is 0 Å². The first-order chi connectivity index (χ1) is 5.68. The summed E-state index contributed by atoms with van der Waals surface area (Å²) in [5, 5.41) is 0. The van der Waals surface area contributed by atoms with Crippen molar-refractivity contribution in [1.82, 2.24) is 4.90 Å². The lowest BCUT2D eigenvalue weighted by molar-refractivity contribution is -0.121. The molecule has 1 heterocycles. The summed E-state index contributed by atoms with van der Waals surface area (Å²) in [6.45, 7) is 2.26. The van der Waals surface area contributed by atoms with Gasteiger partial charge in [0.15, 0.2) is 0 Å². The van der Waals surface area contributed by atoms with Gasteiger partial charge in [-0.1, -0.05) is 0 Å². The highest BCUT2D eigenvalue weighted by atomic mass is 16.1. The maximum atomic E-state index is 10.8. The van der Waals surface area contributed by atoms with Crippen LogP contribution in [-0.2, 0) is 9.59 Å². The van der Waals surface area contributed by atoms with Gasteiger partial charge in [-0.15, -0.1) is 0 Å². The Kier molecular flexibility index (Phi) is 3.22. The van der Waals surface area contributed by atoms with Crippen molar-refractivity contribution in [2.24, 2.45) is 5.73 Å². The summed E-state index contributed by atoms with van der Waals surface area (Å²) in [6.07, 6.45) is 1.64. The van der Waals surface area contributed by atoms with E-state index in [1.54, 1.807) is 0 Å². The molecule has 0 bridgehead atoms. The van der Waals surface area contributed by atoms with Gasteiger partial charge in [-0.3, -0.25) is 9.59 Å². The van der Waals surface area contributed by atoms with Crippen molar-refractivity contribution in [2.45, 2.75) is 19.3 Å². The maximum Gasteiger partial charge on any atom is 0.218 e. The Morgan fingerprint density at radius 1 is 1.42 bits per heavy atom. The van der Waals surface area contributed by atoms with Gasteiger partial charge in [0.05, 0.1) is 0 Å². The van der Waals surface area contributed by atoms with Crippen molar-refractivity contribution >= 4 is 11.7 Å². The predicted molar refractivity (Wildman–Crippen MR) is 44.5 cm³/mol. The topological polar surface area (TPSA) is 63.4 Å².